The zero-order chi connectivity index (χ0) is 15.9. The third-order valence-corrected chi connectivity index (χ3v) is 5.13. The monoisotopic (exact) mass is 308 g/mol. The maximum Gasteiger partial charge on any atom is 0.220 e. The first kappa shape index (κ1) is 15.6. The summed E-state index contributed by atoms with van der Waals surface area (Å²) < 4.78 is 25.5. The maximum absolute atomic E-state index is 11.7. The second-order valence-corrected chi connectivity index (χ2v) is 7.60. The Labute approximate surface area is 124 Å². The molecule has 2 N–H and O–H groups in total. The number of aryl methyl sites for hydroxylation is 1. The van der Waals surface area contributed by atoms with E-state index < -0.39 is 9.84 Å². The Morgan fingerprint density at radius 2 is 2.00 bits per heavy atom. The van der Waals surface area contributed by atoms with Crippen molar-refractivity contribution in [1.29, 1.82) is 0 Å². The largest absolute Gasteiger partial charge is 0.369 e. The summed E-state index contributed by atoms with van der Waals surface area (Å²) in [6, 6.07) is 5.09. The molecule has 0 fully saturated rings. The number of rotatable bonds is 4. The molecular weight excluding hydrogens is 288 g/mol. The van der Waals surface area contributed by atoms with E-state index in [-0.39, 0.29) is 16.7 Å². The molecule has 0 spiro atoms. The molecule has 5 nitrogen and oxygen atoms in total. The summed E-state index contributed by atoms with van der Waals surface area (Å²) in [6.45, 7) is 3.74. The number of nitrogens with zero attached hydrogens (tertiary/aromatic N) is 1. The first-order valence-corrected chi connectivity index (χ1v) is 8.59. The molecule has 0 saturated carbocycles. The number of hydrogen-bond donors (Lipinski definition) is 1. The number of nitrogens with two attached hydrogens (primary N) is 1. The molecule has 0 aliphatic carbocycles. The van der Waals surface area contributed by atoms with E-state index in [1.807, 2.05) is 18.5 Å². The summed E-state index contributed by atoms with van der Waals surface area (Å²) in [5.74, 6) is -0.651. The molecule has 1 heterocycles. The molecule has 114 valence electrons. The van der Waals surface area contributed by atoms with Crippen LogP contribution in [0.4, 0.5) is 0 Å². The average molecular weight is 308 g/mol. The molecule has 1 unspecified atom stereocenters. The van der Waals surface area contributed by atoms with Gasteiger partial charge in [-0.15, -0.1) is 0 Å². The molecule has 0 bridgehead atoms. The summed E-state index contributed by atoms with van der Waals surface area (Å²) in [5.41, 5.74) is 8.29. The number of carbonyl (C=O) groups excluding carboxylic acids is 1. The van der Waals surface area contributed by atoms with E-state index in [0.717, 1.165) is 22.2 Å². The average Bonchev–Trinajstić information content (AvgIpc) is 2.62. The van der Waals surface area contributed by atoms with Gasteiger partial charge in [0.1, 0.15) is 0 Å². The second-order valence-electron chi connectivity index (χ2n) is 5.58. The Kier molecular flexibility index (Phi) is 3.84. The summed E-state index contributed by atoms with van der Waals surface area (Å²) in [4.78, 5) is 11.6. The van der Waals surface area contributed by atoms with Crippen LogP contribution in [-0.4, -0.2) is 25.1 Å². The molecule has 6 heteroatoms. The number of aromatic nitrogens is 1. The van der Waals surface area contributed by atoms with Gasteiger partial charge in [-0.05, 0) is 37.1 Å². The number of primary amides is 1. The van der Waals surface area contributed by atoms with Gasteiger partial charge in [-0.2, -0.15) is 0 Å². The van der Waals surface area contributed by atoms with E-state index in [1.54, 1.807) is 25.1 Å². The molecule has 21 heavy (non-hydrogen) atoms. The number of amides is 1. The van der Waals surface area contributed by atoms with E-state index in [9.17, 15) is 13.2 Å². The molecule has 0 aliphatic rings. The van der Waals surface area contributed by atoms with Crippen LogP contribution in [0.25, 0.3) is 10.9 Å². The Morgan fingerprint density at radius 1 is 1.38 bits per heavy atom. The predicted octanol–water partition coefficient (Wildman–Crippen LogP) is 1.55. The van der Waals surface area contributed by atoms with Crippen LogP contribution >= 0.6 is 0 Å². The van der Waals surface area contributed by atoms with Crippen molar-refractivity contribution in [2.75, 3.05) is 6.26 Å². The Hall–Kier alpha value is -1.82. The highest BCUT2D eigenvalue weighted by atomic mass is 32.2. The Morgan fingerprint density at radius 3 is 2.52 bits per heavy atom. The van der Waals surface area contributed by atoms with Gasteiger partial charge in [0.25, 0.3) is 0 Å². The van der Waals surface area contributed by atoms with Crippen LogP contribution in [0.2, 0.25) is 0 Å². The third-order valence-electron chi connectivity index (χ3n) is 4.02. The fourth-order valence-electron chi connectivity index (χ4n) is 2.52. The lowest BCUT2D eigenvalue weighted by atomic mass is 9.98. The van der Waals surface area contributed by atoms with Crippen LogP contribution in [0, 0.1) is 12.8 Å². The molecule has 1 amide bonds. The van der Waals surface area contributed by atoms with Gasteiger partial charge >= 0.3 is 0 Å². The van der Waals surface area contributed by atoms with Crippen LogP contribution in [0.5, 0.6) is 0 Å². The minimum absolute atomic E-state index is 0.286. The molecule has 1 aromatic heterocycles. The van der Waals surface area contributed by atoms with Crippen molar-refractivity contribution in [3.05, 3.63) is 29.5 Å². The lowest BCUT2D eigenvalue weighted by Gasteiger charge is -2.08. The normalized spacial score (nSPS) is 13.5. The number of benzene rings is 1. The van der Waals surface area contributed by atoms with Crippen LogP contribution in [0.1, 0.15) is 18.2 Å². The van der Waals surface area contributed by atoms with E-state index in [0.29, 0.717) is 6.42 Å². The lowest BCUT2D eigenvalue weighted by Crippen LogP contribution is -2.22. The van der Waals surface area contributed by atoms with E-state index >= 15 is 0 Å². The van der Waals surface area contributed by atoms with Gasteiger partial charge in [0.2, 0.25) is 5.91 Å². The highest BCUT2D eigenvalue weighted by Crippen LogP contribution is 2.29. The number of fused-ring (bicyclic) bond motifs is 1. The molecule has 0 radical (unpaired) electrons. The van der Waals surface area contributed by atoms with E-state index in [2.05, 4.69) is 0 Å². The van der Waals surface area contributed by atoms with Gasteiger partial charge in [0, 0.05) is 35.8 Å². The van der Waals surface area contributed by atoms with Crippen LogP contribution in [0.3, 0.4) is 0 Å². The smallest absolute Gasteiger partial charge is 0.220 e. The number of sulfone groups is 1. The molecule has 1 atom stereocenters. The first-order chi connectivity index (χ1) is 9.62. The van der Waals surface area contributed by atoms with E-state index in [4.69, 9.17) is 5.73 Å². The minimum Gasteiger partial charge on any atom is -0.369 e. The van der Waals surface area contributed by atoms with Crippen molar-refractivity contribution in [2.24, 2.45) is 18.7 Å². The summed E-state index contributed by atoms with van der Waals surface area (Å²) in [7, 11) is -1.33. The topological polar surface area (TPSA) is 82.2 Å². The quantitative estimate of drug-likeness (QED) is 0.930. The summed E-state index contributed by atoms with van der Waals surface area (Å²) in [6.07, 6.45) is 1.70. The third kappa shape index (κ3) is 2.81. The van der Waals surface area contributed by atoms with E-state index in [1.165, 1.54) is 6.26 Å². The SMILES string of the molecule is Cc1c(CC(C)C(N)=O)c2cc(S(C)(=O)=O)ccc2n1C. The fourth-order valence-corrected chi connectivity index (χ4v) is 3.17. The van der Waals surface area contributed by atoms with Gasteiger partial charge in [0.05, 0.1) is 4.90 Å². The standard InChI is InChI=1S/C15H20N2O3S/c1-9(15(16)18)7-12-10(2)17(3)14-6-5-11(8-13(12)14)21(4,19)20/h5-6,8-9H,7H2,1-4H3,(H2,16,18). The lowest BCUT2D eigenvalue weighted by molar-refractivity contribution is -0.121. The van der Waals surface area contributed by atoms with Crippen molar-refractivity contribution in [3.8, 4) is 0 Å². The van der Waals surface area contributed by atoms with Crippen LogP contribution in [0.15, 0.2) is 23.1 Å². The summed E-state index contributed by atoms with van der Waals surface area (Å²) in [5, 5.41) is 0.867. The van der Waals surface area contributed by atoms with Crippen molar-refractivity contribution in [1.82, 2.24) is 4.57 Å². The highest BCUT2D eigenvalue weighted by molar-refractivity contribution is 7.90. The zero-order valence-corrected chi connectivity index (χ0v) is 13.5. The Balaban J connectivity index is 2.68. The van der Waals surface area contributed by atoms with Gasteiger partial charge < -0.3 is 10.3 Å². The first-order valence-electron chi connectivity index (χ1n) is 6.70. The maximum atomic E-state index is 11.7. The van der Waals surface area contributed by atoms with Crippen molar-refractivity contribution >= 4 is 26.6 Å². The van der Waals surface area contributed by atoms with Crippen LogP contribution in [-0.2, 0) is 28.1 Å². The van der Waals surface area contributed by atoms with Gasteiger partial charge in [-0.3, -0.25) is 4.79 Å². The Bertz CT molecular complexity index is 819. The van der Waals surface area contributed by atoms with Gasteiger partial charge in [0.15, 0.2) is 9.84 Å². The van der Waals surface area contributed by atoms with Gasteiger partial charge in [-0.1, -0.05) is 6.92 Å². The molecular formula is C15H20N2O3S. The van der Waals surface area contributed by atoms with Crippen molar-refractivity contribution in [3.63, 3.8) is 0 Å². The van der Waals surface area contributed by atoms with Crippen molar-refractivity contribution < 1.29 is 13.2 Å². The minimum atomic E-state index is -3.26. The summed E-state index contributed by atoms with van der Waals surface area (Å²) >= 11 is 0. The molecule has 1 aromatic carbocycles. The number of carbonyl (C=O) groups is 1. The van der Waals surface area contributed by atoms with Crippen LogP contribution < -0.4 is 5.73 Å². The molecule has 0 aliphatic heterocycles. The van der Waals surface area contributed by atoms with Crippen molar-refractivity contribution in [2.45, 2.75) is 25.2 Å². The van der Waals surface area contributed by atoms with Gasteiger partial charge in [-0.25, -0.2) is 8.42 Å². The highest BCUT2D eigenvalue weighted by Gasteiger charge is 2.19. The zero-order valence-electron chi connectivity index (χ0n) is 12.7. The molecule has 2 rings (SSSR count). The fraction of sp³-hybridized carbons (Fsp3) is 0.400. The number of hydrogen-bond acceptors (Lipinski definition) is 3. The second kappa shape index (κ2) is 5.18. The molecule has 2 aromatic rings. The predicted molar refractivity (Wildman–Crippen MR) is 82.8 cm³/mol. The molecule has 0 saturated heterocycles.